The van der Waals surface area contributed by atoms with E-state index in [1.54, 1.807) is 23.0 Å². The average molecular weight is 233 g/mol. The van der Waals surface area contributed by atoms with Crippen LogP contribution in [0.4, 0.5) is 4.39 Å². The largest absolute Gasteiger partial charge is 0.322 e. The maximum absolute atomic E-state index is 13.2. The number of halogens is 1. The monoisotopic (exact) mass is 233 g/mol. The number of nitrogens with two attached hydrogens (primary N) is 1. The van der Waals surface area contributed by atoms with Crippen molar-refractivity contribution in [2.45, 2.75) is 19.4 Å². The third kappa shape index (κ3) is 2.53. The van der Waals surface area contributed by atoms with Crippen LogP contribution in [0.2, 0.25) is 0 Å². The highest BCUT2D eigenvalue weighted by Gasteiger charge is 2.12. The fourth-order valence-electron chi connectivity index (χ4n) is 1.95. The van der Waals surface area contributed by atoms with Gasteiger partial charge in [0.1, 0.15) is 5.82 Å². The molecule has 0 aliphatic rings. The summed E-state index contributed by atoms with van der Waals surface area (Å²) in [6, 6.07) is 6.52. The summed E-state index contributed by atoms with van der Waals surface area (Å²) in [7, 11) is 1.85. The summed E-state index contributed by atoms with van der Waals surface area (Å²) in [6.07, 6.45) is 2.33. The quantitative estimate of drug-likeness (QED) is 0.882. The van der Waals surface area contributed by atoms with Gasteiger partial charge in [-0.05, 0) is 42.7 Å². The zero-order valence-electron chi connectivity index (χ0n) is 10.0. The van der Waals surface area contributed by atoms with Gasteiger partial charge in [-0.25, -0.2) is 4.39 Å². The van der Waals surface area contributed by atoms with Gasteiger partial charge in [-0.1, -0.05) is 6.07 Å². The Kier molecular flexibility index (Phi) is 3.24. The van der Waals surface area contributed by atoms with E-state index in [2.05, 4.69) is 5.10 Å². The molecule has 0 radical (unpaired) electrons. The Morgan fingerprint density at radius 3 is 2.82 bits per heavy atom. The molecule has 0 saturated heterocycles. The van der Waals surface area contributed by atoms with Gasteiger partial charge in [0, 0.05) is 13.2 Å². The van der Waals surface area contributed by atoms with Crippen LogP contribution in [0, 0.1) is 12.7 Å². The van der Waals surface area contributed by atoms with Gasteiger partial charge in [-0.3, -0.25) is 4.68 Å². The zero-order chi connectivity index (χ0) is 12.4. The normalized spacial score (nSPS) is 12.7. The first-order valence-electron chi connectivity index (χ1n) is 5.56. The molecule has 0 aliphatic heterocycles. The minimum Gasteiger partial charge on any atom is -0.322 e. The summed E-state index contributed by atoms with van der Waals surface area (Å²) in [5, 5.41) is 4.08. The second-order valence-corrected chi connectivity index (χ2v) is 4.26. The van der Waals surface area contributed by atoms with Crippen LogP contribution in [-0.4, -0.2) is 9.78 Å². The van der Waals surface area contributed by atoms with Crippen LogP contribution in [0.15, 0.2) is 30.5 Å². The van der Waals surface area contributed by atoms with Crippen molar-refractivity contribution < 1.29 is 4.39 Å². The van der Waals surface area contributed by atoms with Crippen molar-refractivity contribution >= 4 is 0 Å². The number of rotatable bonds is 3. The van der Waals surface area contributed by atoms with Gasteiger partial charge in [0.15, 0.2) is 0 Å². The van der Waals surface area contributed by atoms with Gasteiger partial charge < -0.3 is 5.73 Å². The first-order chi connectivity index (χ1) is 8.08. The lowest BCUT2D eigenvalue weighted by Crippen LogP contribution is -2.17. The van der Waals surface area contributed by atoms with Gasteiger partial charge in [-0.2, -0.15) is 5.10 Å². The number of hydrogen-bond donors (Lipinski definition) is 1. The Labute approximate surface area is 100 Å². The van der Waals surface area contributed by atoms with Gasteiger partial charge in [0.05, 0.1) is 11.7 Å². The lowest BCUT2D eigenvalue weighted by Gasteiger charge is -2.13. The van der Waals surface area contributed by atoms with E-state index < -0.39 is 0 Å². The molecule has 2 N–H and O–H groups in total. The SMILES string of the molecule is Cc1ccc(F)cc1CC(N)c1ccnn1C. The highest BCUT2D eigenvalue weighted by Crippen LogP contribution is 2.18. The molecule has 4 heteroatoms. The van der Waals surface area contributed by atoms with Crippen molar-refractivity contribution in [2.24, 2.45) is 12.8 Å². The molecular formula is C13H16FN3. The van der Waals surface area contributed by atoms with Gasteiger partial charge >= 0.3 is 0 Å². The number of nitrogens with zero attached hydrogens (tertiary/aromatic N) is 2. The molecule has 3 nitrogen and oxygen atoms in total. The van der Waals surface area contributed by atoms with Crippen molar-refractivity contribution in [1.29, 1.82) is 0 Å². The van der Waals surface area contributed by atoms with Crippen LogP contribution in [-0.2, 0) is 13.5 Å². The van der Waals surface area contributed by atoms with Crippen LogP contribution >= 0.6 is 0 Å². The molecule has 2 aromatic rings. The summed E-state index contributed by atoms with van der Waals surface area (Å²) in [5.74, 6) is -0.220. The smallest absolute Gasteiger partial charge is 0.123 e. The Balaban J connectivity index is 2.21. The summed E-state index contributed by atoms with van der Waals surface area (Å²) >= 11 is 0. The van der Waals surface area contributed by atoms with Crippen molar-refractivity contribution in [1.82, 2.24) is 9.78 Å². The standard InChI is InChI=1S/C13H16FN3/c1-9-3-4-11(14)7-10(9)8-12(15)13-5-6-16-17(13)2/h3-7,12H,8,15H2,1-2H3. The highest BCUT2D eigenvalue weighted by atomic mass is 19.1. The van der Waals surface area contributed by atoms with Crippen LogP contribution < -0.4 is 5.73 Å². The molecule has 2 rings (SSSR count). The van der Waals surface area contributed by atoms with Crippen molar-refractivity contribution in [2.75, 3.05) is 0 Å². The molecule has 1 heterocycles. The van der Waals surface area contributed by atoms with Crippen molar-refractivity contribution in [3.8, 4) is 0 Å². The fourth-order valence-corrected chi connectivity index (χ4v) is 1.95. The van der Waals surface area contributed by atoms with Crippen molar-refractivity contribution in [3.63, 3.8) is 0 Å². The summed E-state index contributed by atoms with van der Waals surface area (Å²) in [4.78, 5) is 0. The van der Waals surface area contributed by atoms with E-state index in [1.807, 2.05) is 20.0 Å². The zero-order valence-corrected chi connectivity index (χ0v) is 10.0. The Hall–Kier alpha value is -1.68. The van der Waals surface area contributed by atoms with Crippen LogP contribution in [0.1, 0.15) is 22.9 Å². The number of aryl methyl sites for hydroxylation is 2. The van der Waals surface area contributed by atoms with Gasteiger partial charge in [-0.15, -0.1) is 0 Å². The van der Waals surface area contributed by atoms with Gasteiger partial charge in [0.25, 0.3) is 0 Å². The molecule has 0 bridgehead atoms. The lowest BCUT2D eigenvalue weighted by atomic mass is 9.99. The molecule has 0 amide bonds. The molecule has 0 fully saturated rings. The number of hydrogen-bond acceptors (Lipinski definition) is 2. The molecule has 1 atom stereocenters. The summed E-state index contributed by atoms with van der Waals surface area (Å²) < 4.78 is 14.9. The van der Waals surface area contributed by atoms with E-state index in [0.29, 0.717) is 6.42 Å². The number of aromatic nitrogens is 2. The summed E-state index contributed by atoms with van der Waals surface area (Å²) in [5.41, 5.74) is 9.06. The maximum Gasteiger partial charge on any atom is 0.123 e. The van der Waals surface area contributed by atoms with E-state index in [-0.39, 0.29) is 11.9 Å². The summed E-state index contributed by atoms with van der Waals surface area (Å²) in [6.45, 7) is 1.96. The van der Waals surface area contributed by atoms with Crippen LogP contribution in [0.25, 0.3) is 0 Å². The van der Waals surface area contributed by atoms with E-state index in [1.165, 1.54) is 6.07 Å². The minimum atomic E-state index is -0.220. The Bertz CT molecular complexity index is 519. The first-order valence-corrected chi connectivity index (χ1v) is 5.56. The molecule has 1 aromatic heterocycles. The molecular weight excluding hydrogens is 217 g/mol. The van der Waals surface area contributed by atoms with E-state index >= 15 is 0 Å². The van der Waals surface area contributed by atoms with Gasteiger partial charge in [0.2, 0.25) is 0 Å². The Morgan fingerprint density at radius 1 is 1.41 bits per heavy atom. The van der Waals surface area contributed by atoms with Crippen molar-refractivity contribution in [3.05, 3.63) is 53.1 Å². The van der Waals surface area contributed by atoms with E-state index in [4.69, 9.17) is 5.73 Å². The third-order valence-electron chi connectivity index (χ3n) is 2.99. The molecule has 17 heavy (non-hydrogen) atoms. The first kappa shape index (κ1) is 11.8. The average Bonchev–Trinajstić information content (AvgIpc) is 2.70. The second-order valence-electron chi connectivity index (χ2n) is 4.26. The van der Waals surface area contributed by atoms with E-state index in [9.17, 15) is 4.39 Å². The molecule has 90 valence electrons. The lowest BCUT2D eigenvalue weighted by molar-refractivity contribution is 0.603. The third-order valence-corrected chi connectivity index (χ3v) is 2.99. The second kappa shape index (κ2) is 4.67. The predicted molar refractivity (Wildman–Crippen MR) is 65.0 cm³/mol. The maximum atomic E-state index is 13.2. The molecule has 0 spiro atoms. The molecule has 1 aromatic carbocycles. The predicted octanol–water partition coefficient (Wildman–Crippen LogP) is 2.11. The van der Waals surface area contributed by atoms with Crippen LogP contribution in [0.3, 0.4) is 0 Å². The minimum absolute atomic E-state index is 0.164. The van der Waals surface area contributed by atoms with E-state index in [0.717, 1.165) is 16.8 Å². The fraction of sp³-hybridized carbons (Fsp3) is 0.308. The molecule has 0 aliphatic carbocycles. The Morgan fingerprint density at radius 2 is 2.18 bits per heavy atom. The van der Waals surface area contributed by atoms with Crippen LogP contribution in [0.5, 0.6) is 0 Å². The number of benzene rings is 1. The highest BCUT2D eigenvalue weighted by molar-refractivity contribution is 5.28. The molecule has 1 unspecified atom stereocenters. The molecule has 0 saturated carbocycles. The topological polar surface area (TPSA) is 43.8 Å².